The molecule has 1 nitrogen and oxygen atoms in total. The summed E-state index contributed by atoms with van der Waals surface area (Å²) in [6.45, 7) is 0. The van der Waals surface area contributed by atoms with Crippen LogP contribution in [0.1, 0.15) is 41.9 Å². The molecule has 0 bridgehead atoms. The van der Waals surface area contributed by atoms with Crippen molar-refractivity contribution in [3.8, 4) is 0 Å². The standard InChI is InChI=1S/C14H16F3N/c15-14(16,17)10-4-3-9(5-8-1-2-8)11(6-10)12-7-13(12)18/h3-4,6,8,12-13H,1-2,5,7,18H2. The lowest BCUT2D eigenvalue weighted by atomic mass is 9.96. The van der Waals surface area contributed by atoms with Gasteiger partial charge in [0.2, 0.25) is 0 Å². The van der Waals surface area contributed by atoms with Crippen LogP contribution in [0.4, 0.5) is 13.2 Å². The van der Waals surface area contributed by atoms with Crippen molar-refractivity contribution in [1.82, 2.24) is 0 Å². The van der Waals surface area contributed by atoms with Crippen LogP contribution in [-0.2, 0) is 12.6 Å². The zero-order valence-corrected chi connectivity index (χ0v) is 10.0. The minimum Gasteiger partial charge on any atom is -0.327 e. The van der Waals surface area contributed by atoms with Crippen molar-refractivity contribution < 1.29 is 13.2 Å². The first-order valence-corrected chi connectivity index (χ1v) is 6.41. The average Bonchev–Trinajstić information content (AvgIpc) is 3.16. The predicted octanol–water partition coefficient (Wildman–Crippen LogP) is 3.47. The molecule has 2 aliphatic rings. The van der Waals surface area contributed by atoms with Gasteiger partial charge < -0.3 is 5.73 Å². The van der Waals surface area contributed by atoms with E-state index in [0.29, 0.717) is 5.92 Å². The Morgan fingerprint density at radius 3 is 2.39 bits per heavy atom. The van der Waals surface area contributed by atoms with E-state index in [0.717, 1.165) is 24.0 Å². The summed E-state index contributed by atoms with van der Waals surface area (Å²) in [6.07, 6.45) is -0.115. The van der Waals surface area contributed by atoms with Crippen LogP contribution in [0.15, 0.2) is 18.2 Å². The molecular weight excluding hydrogens is 239 g/mol. The predicted molar refractivity (Wildman–Crippen MR) is 63.2 cm³/mol. The van der Waals surface area contributed by atoms with E-state index in [9.17, 15) is 13.2 Å². The van der Waals surface area contributed by atoms with Crippen LogP contribution in [0.25, 0.3) is 0 Å². The van der Waals surface area contributed by atoms with Crippen molar-refractivity contribution in [2.75, 3.05) is 0 Å². The van der Waals surface area contributed by atoms with Crippen molar-refractivity contribution in [2.24, 2.45) is 11.7 Å². The van der Waals surface area contributed by atoms with Crippen molar-refractivity contribution in [3.63, 3.8) is 0 Å². The summed E-state index contributed by atoms with van der Waals surface area (Å²) in [7, 11) is 0. The van der Waals surface area contributed by atoms with Gasteiger partial charge in [-0.3, -0.25) is 0 Å². The lowest BCUT2D eigenvalue weighted by Crippen LogP contribution is -2.09. The first-order chi connectivity index (χ1) is 8.45. The van der Waals surface area contributed by atoms with E-state index in [-0.39, 0.29) is 12.0 Å². The average molecular weight is 255 g/mol. The summed E-state index contributed by atoms with van der Waals surface area (Å²) in [5.41, 5.74) is 7.16. The van der Waals surface area contributed by atoms with E-state index in [2.05, 4.69) is 0 Å². The zero-order valence-electron chi connectivity index (χ0n) is 10.0. The molecule has 0 amide bonds. The Morgan fingerprint density at radius 1 is 1.22 bits per heavy atom. The zero-order chi connectivity index (χ0) is 12.9. The Morgan fingerprint density at radius 2 is 1.89 bits per heavy atom. The van der Waals surface area contributed by atoms with E-state index in [1.165, 1.54) is 25.0 Å². The first-order valence-electron chi connectivity index (χ1n) is 6.41. The molecule has 18 heavy (non-hydrogen) atoms. The summed E-state index contributed by atoms with van der Waals surface area (Å²) in [5.74, 6) is 0.816. The van der Waals surface area contributed by atoms with E-state index in [4.69, 9.17) is 5.73 Å². The minimum atomic E-state index is -4.26. The van der Waals surface area contributed by atoms with Gasteiger partial charge in [0.25, 0.3) is 0 Å². The van der Waals surface area contributed by atoms with E-state index >= 15 is 0 Å². The third-order valence-electron chi connectivity index (χ3n) is 3.92. The molecule has 1 aromatic rings. The molecule has 0 saturated heterocycles. The fourth-order valence-electron chi connectivity index (χ4n) is 2.51. The summed E-state index contributed by atoms with van der Waals surface area (Å²) >= 11 is 0. The number of hydrogen-bond acceptors (Lipinski definition) is 1. The van der Waals surface area contributed by atoms with Crippen LogP contribution in [0.5, 0.6) is 0 Å². The van der Waals surface area contributed by atoms with Gasteiger partial charge in [0.1, 0.15) is 0 Å². The summed E-state index contributed by atoms with van der Waals surface area (Å²) in [6, 6.07) is 4.22. The molecule has 0 spiro atoms. The Labute approximate surface area is 104 Å². The molecule has 1 aromatic carbocycles. The number of halogens is 3. The highest BCUT2D eigenvalue weighted by Crippen LogP contribution is 2.44. The van der Waals surface area contributed by atoms with Crippen LogP contribution in [-0.4, -0.2) is 6.04 Å². The molecule has 3 rings (SSSR count). The Balaban J connectivity index is 1.93. The lowest BCUT2D eigenvalue weighted by molar-refractivity contribution is -0.137. The molecule has 2 fully saturated rings. The molecule has 2 unspecified atom stereocenters. The van der Waals surface area contributed by atoms with Gasteiger partial charge in [0, 0.05) is 12.0 Å². The highest BCUT2D eigenvalue weighted by atomic mass is 19.4. The molecule has 2 atom stereocenters. The summed E-state index contributed by atoms with van der Waals surface area (Å²) in [4.78, 5) is 0. The van der Waals surface area contributed by atoms with Crippen molar-refractivity contribution in [3.05, 3.63) is 34.9 Å². The summed E-state index contributed by atoms with van der Waals surface area (Å²) in [5, 5.41) is 0. The number of alkyl halides is 3. The van der Waals surface area contributed by atoms with Crippen LogP contribution < -0.4 is 5.73 Å². The van der Waals surface area contributed by atoms with Gasteiger partial charge >= 0.3 is 6.18 Å². The maximum absolute atomic E-state index is 12.7. The fourth-order valence-corrected chi connectivity index (χ4v) is 2.51. The molecule has 2 N–H and O–H groups in total. The second-order valence-electron chi connectivity index (χ2n) is 5.56. The van der Waals surface area contributed by atoms with E-state index in [1.54, 1.807) is 6.07 Å². The van der Waals surface area contributed by atoms with Crippen molar-refractivity contribution >= 4 is 0 Å². The summed E-state index contributed by atoms with van der Waals surface area (Å²) < 4.78 is 38.2. The second kappa shape index (κ2) is 3.98. The molecule has 2 saturated carbocycles. The SMILES string of the molecule is NC1CC1c1cc(C(F)(F)F)ccc1CC1CC1. The van der Waals surface area contributed by atoms with Gasteiger partial charge in [-0.25, -0.2) is 0 Å². The largest absolute Gasteiger partial charge is 0.416 e. The molecule has 0 aliphatic heterocycles. The lowest BCUT2D eigenvalue weighted by Gasteiger charge is -2.13. The van der Waals surface area contributed by atoms with Crippen LogP contribution >= 0.6 is 0 Å². The van der Waals surface area contributed by atoms with Gasteiger partial charge in [-0.2, -0.15) is 13.2 Å². The van der Waals surface area contributed by atoms with E-state index < -0.39 is 11.7 Å². The normalized spacial score (nSPS) is 27.3. The van der Waals surface area contributed by atoms with Gasteiger partial charge in [0.05, 0.1) is 5.56 Å². The molecule has 4 heteroatoms. The van der Waals surface area contributed by atoms with Gasteiger partial charge in [-0.05, 0) is 54.9 Å². The van der Waals surface area contributed by atoms with Gasteiger partial charge in [-0.15, -0.1) is 0 Å². The number of hydrogen-bond donors (Lipinski definition) is 1. The van der Waals surface area contributed by atoms with Gasteiger partial charge in [0.15, 0.2) is 0 Å². The number of benzene rings is 1. The van der Waals surface area contributed by atoms with Crippen LogP contribution in [0, 0.1) is 5.92 Å². The Kier molecular flexibility index (Phi) is 2.66. The third kappa shape index (κ3) is 2.39. The minimum absolute atomic E-state index is 0.0476. The number of rotatable bonds is 3. The van der Waals surface area contributed by atoms with E-state index in [1.807, 2.05) is 0 Å². The van der Waals surface area contributed by atoms with Gasteiger partial charge in [-0.1, -0.05) is 6.07 Å². The quantitative estimate of drug-likeness (QED) is 0.879. The highest BCUT2D eigenvalue weighted by Gasteiger charge is 2.39. The third-order valence-corrected chi connectivity index (χ3v) is 3.92. The smallest absolute Gasteiger partial charge is 0.327 e. The van der Waals surface area contributed by atoms with Crippen molar-refractivity contribution in [2.45, 2.75) is 43.8 Å². The second-order valence-corrected chi connectivity index (χ2v) is 5.56. The maximum atomic E-state index is 12.7. The van der Waals surface area contributed by atoms with Crippen LogP contribution in [0.2, 0.25) is 0 Å². The fraction of sp³-hybridized carbons (Fsp3) is 0.571. The van der Waals surface area contributed by atoms with Crippen LogP contribution in [0.3, 0.4) is 0 Å². The molecule has 2 aliphatic carbocycles. The monoisotopic (exact) mass is 255 g/mol. The Hall–Kier alpha value is -1.03. The molecule has 0 aromatic heterocycles. The highest BCUT2D eigenvalue weighted by molar-refractivity contribution is 5.40. The molecule has 0 radical (unpaired) electrons. The molecule has 0 heterocycles. The Bertz CT molecular complexity index is 463. The van der Waals surface area contributed by atoms with Crippen molar-refractivity contribution in [1.29, 1.82) is 0 Å². The molecular formula is C14H16F3N. The maximum Gasteiger partial charge on any atom is 0.416 e. The topological polar surface area (TPSA) is 26.0 Å². The molecule has 98 valence electrons. The first kappa shape index (κ1) is 12.0. The number of nitrogens with two attached hydrogens (primary N) is 1.